The van der Waals surface area contributed by atoms with Crippen molar-refractivity contribution in [3.8, 4) is 5.75 Å². The largest absolute Gasteiger partial charge is 0.508 e. The number of aryl methyl sites for hydroxylation is 1. The minimum Gasteiger partial charge on any atom is -0.508 e. The maximum absolute atomic E-state index is 10.8. The zero-order chi connectivity index (χ0) is 14.8. The van der Waals surface area contributed by atoms with Crippen molar-refractivity contribution in [2.24, 2.45) is 17.3 Å². The van der Waals surface area contributed by atoms with Crippen molar-refractivity contribution in [1.29, 1.82) is 0 Å². The molecular formula is C19H26O2. The summed E-state index contributed by atoms with van der Waals surface area (Å²) < 4.78 is 0. The lowest BCUT2D eigenvalue weighted by Crippen LogP contribution is -2.49. The molecule has 0 aliphatic heterocycles. The second-order valence-electron chi connectivity index (χ2n) is 8.07. The molecule has 4 rings (SSSR count). The molecule has 0 heterocycles. The molecule has 0 bridgehead atoms. The van der Waals surface area contributed by atoms with Crippen molar-refractivity contribution in [2.45, 2.75) is 63.9 Å². The molecule has 1 aromatic rings. The van der Waals surface area contributed by atoms with Gasteiger partial charge in [0.15, 0.2) is 0 Å². The summed E-state index contributed by atoms with van der Waals surface area (Å²) in [5, 5.41) is 20.5. The lowest BCUT2D eigenvalue weighted by Gasteiger charge is -2.52. The van der Waals surface area contributed by atoms with Crippen LogP contribution in [0.5, 0.6) is 5.75 Å². The molecule has 0 radical (unpaired) electrons. The van der Waals surface area contributed by atoms with Gasteiger partial charge in [0, 0.05) is 0 Å². The highest BCUT2D eigenvalue weighted by Crippen LogP contribution is 2.64. The van der Waals surface area contributed by atoms with Gasteiger partial charge in [-0.3, -0.25) is 0 Å². The van der Waals surface area contributed by atoms with Crippen LogP contribution >= 0.6 is 0 Å². The second-order valence-corrected chi connectivity index (χ2v) is 8.07. The highest BCUT2D eigenvalue weighted by Gasteiger charge is 2.59. The number of aliphatic hydroxyl groups is 1. The molecule has 21 heavy (non-hydrogen) atoms. The zero-order valence-corrected chi connectivity index (χ0v) is 13.1. The molecule has 3 aliphatic rings. The number of rotatable bonds is 0. The zero-order valence-electron chi connectivity index (χ0n) is 13.1. The molecule has 0 amide bonds. The molecular weight excluding hydrogens is 259 g/mol. The summed E-state index contributed by atoms with van der Waals surface area (Å²) in [5.41, 5.74) is 2.43. The van der Waals surface area contributed by atoms with Gasteiger partial charge in [0.25, 0.3) is 0 Å². The fraction of sp³-hybridized carbons (Fsp3) is 0.684. The van der Waals surface area contributed by atoms with E-state index < -0.39 is 5.60 Å². The fourth-order valence-electron chi connectivity index (χ4n) is 5.81. The highest BCUT2D eigenvalue weighted by atomic mass is 16.3. The predicted octanol–water partition coefficient (Wildman–Crippen LogP) is 4.00. The Morgan fingerprint density at radius 2 is 1.90 bits per heavy atom. The van der Waals surface area contributed by atoms with Gasteiger partial charge in [-0.25, -0.2) is 0 Å². The molecule has 0 aromatic heterocycles. The number of hydrogen-bond donors (Lipinski definition) is 2. The van der Waals surface area contributed by atoms with Crippen LogP contribution in [0.15, 0.2) is 18.2 Å². The van der Waals surface area contributed by atoms with E-state index in [1.165, 1.54) is 30.4 Å². The van der Waals surface area contributed by atoms with E-state index in [1.807, 2.05) is 12.1 Å². The van der Waals surface area contributed by atoms with Crippen molar-refractivity contribution in [3.63, 3.8) is 0 Å². The van der Waals surface area contributed by atoms with Crippen LogP contribution in [-0.4, -0.2) is 15.8 Å². The summed E-state index contributed by atoms with van der Waals surface area (Å²) in [6.45, 7) is 4.38. The Labute approximate surface area is 127 Å². The van der Waals surface area contributed by atoms with Crippen molar-refractivity contribution in [1.82, 2.24) is 0 Å². The molecule has 3 aliphatic carbocycles. The van der Waals surface area contributed by atoms with Crippen LogP contribution in [0.4, 0.5) is 0 Å². The van der Waals surface area contributed by atoms with Gasteiger partial charge in [0.2, 0.25) is 0 Å². The van der Waals surface area contributed by atoms with Crippen LogP contribution in [0.25, 0.3) is 0 Å². The summed E-state index contributed by atoms with van der Waals surface area (Å²) in [6.07, 6.45) is 6.76. The topological polar surface area (TPSA) is 40.5 Å². The standard InChI is InChI=1S/C19H26O2/c1-18-9-7-15-14-6-4-13(20)11-12(14)3-5-16(15)17(18)8-10-19(18,2)21/h4,6,11,15-17,20-21H,3,5,7-10H2,1-2H3/t15?,16?,17?,18-,19-/m0/s1/i2-1. The maximum atomic E-state index is 10.8. The van der Waals surface area contributed by atoms with Gasteiger partial charge in [-0.1, -0.05) is 13.0 Å². The molecule has 2 heteroatoms. The molecule has 114 valence electrons. The van der Waals surface area contributed by atoms with Crippen molar-refractivity contribution in [3.05, 3.63) is 29.3 Å². The first-order valence-corrected chi connectivity index (χ1v) is 8.46. The fourth-order valence-corrected chi connectivity index (χ4v) is 5.81. The van der Waals surface area contributed by atoms with Crippen molar-refractivity contribution < 1.29 is 10.2 Å². The molecule has 2 saturated carbocycles. The van der Waals surface area contributed by atoms with E-state index in [0.717, 1.165) is 25.2 Å². The quantitative estimate of drug-likeness (QED) is 0.756. The Morgan fingerprint density at radius 1 is 1.10 bits per heavy atom. The Hall–Kier alpha value is -1.02. The van der Waals surface area contributed by atoms with E-state index in [1.54, 1.807) is 0 Å². The van der Waals surface area contributed by atoms with Gasteiger partial charge in [-0.15, -0.1) is 0 Å². The Balaban J connectivity index is 1.72. The molecule has 1 aromatic carbocycles. The van der Waals surface area contributed by atoms with Gasteiger partial charge in [0.05, 0.1) is 5.60 Å². The maximum Gasteiger partial charge on any atom is 0.115 e. The SMILES string of the molecule is C[C@]12CCC3c4ccc(O)cc4CCC3C1CC[C@]2([11CH3])O. The van der Waals surface area contributed by atoms with Gasteiger partial charge in [-0.05, 0) is 91.9 Å². The summed E-state index contributed by atoms with van der Waals surface area (Å²) in [7, 11) is 0. The van der Waals surface area contributed by atoms with Crippen LogP contribution in [0.1, 0.15) is 63.0 Å². The number of phenols is 1. The van der Waals surface area contributed by atoms with Crippen LogP contribution < -0.4 is 0 Å². The van der Waals surface area contributed by atoms with Crippen LogP contribution in [0, 0.1) is 17.3 Å². The van der Waals surface area contributed by atoms with Crippen LogP contribution in [0.2, 0.25) is 0 Å². The number of fused-ring (bicyclic) bond motifs is 5. The number of benzene rings is 1. The third-order valence-corrected chi connectivity index (χ3v) is 7.27. The lowest BCUT2D eigenvalue weighted by atomic mass is 9.51. The molecule has 2 N–H and O–H groups in total. The molecule has 0 spiro atoms. The third kappa shape index (κ3) is 1.75. The first-order valence-electron chi connectivity index (χ1n) is 8.46. The lowest BCUT2D eigenvalue weighted by molar-refractivity contribution is -0.0901. The van der Waals surface area contributed by atoms with Gasteiger partial charge >= 0.3 is 0 Å². The highest BCUT2D eigenvalue weighted by molar-refractivity contribution is 5.40. The van der Waals surface area contributed by atoms with Crippen LogP contribution in [-0.2, 0) is 6.42 Å². The van der Waals surface area contributed by atoms with Gasteiger partial charge in [-0.2, -0.15) is 0 Å². The van der Waals surface area contributed by atoms with E-state index in [-0.39, 0.29) is 5.41 Å². The second kappa shape index (κ2) is 4.25. The first-order chi connectivity index (χ1) is 9.92. The summed E-state index contributed by atoms with van der Waals surface area (Å²) in [5.74, 6) is 2.42. The first kappa shape index (κ1) is 13.6. The van der Waals surface area contributed by atoms with E-state index in [2.05, 4.69) is 19.9 Å². The van der Waals surface area contributed by atoms with E-state index in [9.17, 15) is 10.2 Å². The normalized spacial score (nSPS) is 44.8. The van der Waals surface area contributed by atoms with E-state index in [0.29, 0.717) is 17.6 Å². The van der Waals surface area contributed by atoms with Gasteiger partial charge < -0.3 is 10.2 Å². The Morgan fingerprint density at radius 3 is 2.71 bits per heavy atom. The number of aromatic hydroxyl groups is 1. The average Bonchev–Trinajstić information content (AvgIpc) is 2.69. The average molecular weight is 285 g/mol. The van der Waals surface area contributed by atoms with Crippen molar-refractivity contribution in [2.75, 3.05) is 0 Å². The molecule has 0 saturated heterocycles. The Kier molecular flexibility index (Phi) is 2.76. The van der Waals surface area contributed by atoms with E-state index in [4.69, 9.17) is 0 Å². The molecule has 2 nitrogen and oxygen atoms in total. The number of phenolic OH excluding ortho intramolecular Hbond substituents is 1. The summed E-state index contributed by atoms with van der Waals surface area (Å²) in [6, 6.07) is 5.96. The Bertz CT molecular complexity index is 577. The van der Waals surface area contributed by atoms with Crippen LogP contribution in [0.3, 0.4) is 0 Å². The predicted molar refractivity (Wildman–Crippen MR) is 83.3 cm³/mol. The minimum absolute atomic E-state index is 0.0998. The molecule has 5 atom stereocenters. The third-order valence-electron chi connectivity index (χ3n) is 7.27. The van der Waals surface area contributed by atoms with Crippen molar-refractivity contribution >= 4 is 0 Å². The molecule has 3 unspecified atom stereocenters. The summed E-state index contributed by atoms with van der Waals surface area (Å²) >= 11 is 0. The minimum atomic E-state index is -0.488. The molecule has 2 fully saturated rings. The number of hydrogen-bond acceptors (Lipinski definition) is 2. The van der Waals surface area contributed by atoms with Gasteiger partial charge in [0.1, 0.15) is 5.75 Å². The summed E-state index contributed by atoms with van der Waals surface area (Å²) in [4.78, 5) is 0. The smallest absolute Gasteiger partial charge is 0.115 e. The van der Waals surface area contributed by atoms with E-state index >= 15 is 0 Å². The monoisotopic (exact) mass is 285 g/mol.